The summed E-state index contributed by atoms with van der Waals surface area (Å²) >= 11 is 0. The lowest BCUT2D eigenvalue weighted by Gasteiger charge is -2.42. The van der Waals surface area contributed by atoms with Crippen LogP contribution in [0.3, 0.4) is 0 Å². The molecule has 1 aliphatic heterocycles. The zero-order chi connectivity index (χ0) is 11.5. The first-order valence-corrected chi connectivity index (χ1v) is 6.73. The van der Waals surface area contributed by atoms with Crippen LogP contribution in [0.15, 0.2) is 0 Å². The molecule has 1 saturated heterocycles. The van der Waals surface area contributed by atoms with E-state index in [9.17, 15) is 0 Å². The number of methoxy groups -OCH3 is 1. The molecule has 1 heterocycles. The number of nitrogens with two attached hydrogens (primary N) is 1. The summed E-state index contributed by atoms with van der Waals surface area (Å²) < 4.78 is 5.51. The molecule has 3 nitrogen and oxygen atoms in total. The van der Waals surface area contributed by atoms with Gasteiger partial charge in [0.05, 0.1) is 6.10 Å². The number of ether oxygens (including phenoxy) is 1. The molecule has 0 spiro atoms. The van der Waals surface area contributed by atoms with Gasteiger partial charge in [0.1, 0.15) is 0 Å². The van der Waals surface area contributed by atoms with Gasteiger partial charge in [-0.25, -0.2) is 0 Å². The van der Waals surface area contributed by atoms with Crippen LogP contribution < -0.4 is 5.73 Å². The van der Waals surface area contributed by atoms with Crippen LogP contribution in [0.5, 0.6) is 0 Å². The van der Waals surface area contributed by atoms with Crippen molar-refractivity contribution in [2.45, 2.75) is 57.2 Å². The third kappa shape index (κ3) is 2.76. The van der Waals surface area contributed by atoms with Crippen molar-refractivity contribution < 1.29 is 4.74 Å². The molecule has 0 amide bonds. The van der Waals surface area contributed by atoms with Crippen molar-refractivity contribution in [2.75, 3.05) is 20.2 Å². The van der Waals surface area contributed by atoms with Crippen molar-refractivity contribution in [2.24, 2.45) is 11.7 Å². The molecule has 0 radical (unpaired) electrons. The van der Waals surface area contributed by atoms with Crippen molar-refractivity contribution in [3.05, 3.63) is 0 Å². The molecule has 2 fully saturated rings. The Morgan fingerprint density at radius 2 is 2.06 bits per heavy atom. The third-order valence-electron chi connectivity index (χ3n) is 4.45. The average Bonchev–Trinajstić information content (AvgIpc) is 2.33. The molecule has 4 atom stereocenters. The first kappa shape index (κ1) is 12.3. The van der Waals surface area contributed by atoms with Crippen molar-refractivity contribution in [3.8, 4) is 0 Å². The van der Waals surface area contributed by atoms with Gasteiger partial charge in [0, 0.05) is 25.7 Å². The van der Waals surface area contributed by atoms with E-state index in [0.717, 1.165) is 12.5 Å². The SMILES string of the molecule is COC1CCCC(N2CCC(N)C(C)C2)C1. The highest BCUT2D eigenvalue weighted by atomic mass is 16.5. The fraction of sp³-hybridized carbons (Fsp3) is 1.00. The Balaban J connectivity index is 1.87. The predicted molar refractivity (Wildman–Crippen MR) is 66.4 cm³/mol. The molecule has 0 aromatic heterocycles. The van der Waals surface area contributed by atoms with Crippen LogP contribution in [0, 0.1) is 5.92 Å². The largest absolute Gasteiger partial charge is 0.381 e. The summed E-state index contributed by atoms with van der Waals surface area (Å²) in [7, 11) is 1.85. The second-order valence-electron chi connectivity index (χ2n) is 5.60. The van der Waals surface area contributed by atoms with Crippen LogP contribution in [0.2, 0.25) is 0 Å². The van der Waals surface area contributed by atoms with Gasteiger partial charge in [-0.05, 0) is 44.6 Å². The Kier molecular flexibility index (Phi) is 4.22. The lowest BCUT2D eigenvalue weighted by Crippen LogP contribution is -2.51. The van der Waals surface area contributed by atoms with Crippen LogP contribution in [0.1, 0.15) is 39.0 Å². The Hall–Kier alpha value is -0.120. The van der Waals surface area contributed by atoms with E-state index < -0.39 is 0 Å². The van der Waals surface area contributed by atoms with E-state index >= 15 is 0 Å². The molecular formula is C13H26N2O. The summed E-state index contributed by atoms with van der Waals surface area (Å²) in [6.07, 6.45) is 6.79. The summed E-state index contributed by atoms with van der Waals surface area (Å²) in [6.45, 7) is 4.66. The summed E-state index contributed by atoms with van der Waals surface area (Å²) in [5.74, 6) is 0.650. The highest BCUT2D eigenvalue weighted by molar-refractivity contribution is 4.87. The van der Waals surface area contributed by atoms with Crippen LogP contribution in [0.25, 0.3) is 0 Å². The van der Waals surface area contributed by atoms with Gasteiger partial charge in [-0.15, -0.1) is 0 Å². The summed E-state index contributed by atoms with van der Waals surface area (Å²) in [4.78, 5) is 2.65. The van der Waals surface area contributed by atoms with Gasteiger partial charge in [0.2, 0.25) is 0 Å². The van der Waals surface area contributed by atoms with E-state index in [0.29, 0.717) is 18.1 Å². The van der Waals surface area contributed by atoms with Gasteiger partial charge in [-0.3, -0.25) is 4.90 Å². The molecule has 3 heteroatoms. The second-order valence-corrected chi connectivity index (χ2v) is 5.60. The zero-order valence-electron chi connectivity index (χ0n) is 10.7. The fourth-order valence-electron chi connectivity index (χ4n) is 3.19. The van der Waals surface area contributed by atoms with E-state index in [4.69, 9.17) is 10.5 Å². The molecule has 1 saturated carbocycles. The molecule has 0 aromatic carbocycles. The Morgan fingerprint density at radius 1 is 1.25 bits per heavy atom. The van der Waals surface area contributed by atoms with E-state index in [1.807, 2.05) is 7.11 Å². The fourth-order valence-corrected chi connectivity index (χ4v) is 3.19. The number of hydrogen-bond donors (Lipinski definition) is 1. The third-order valence-corrected chi connectivity index (χ3v) is 4.45. The van der Waals surface area contributed by atoms with Gasteiger partial charge in [0.15, 0.2) is 0 Å². The Bertz CT molecular complexity index is 218. The van der Waals surface area contributed by atoms with E-state index in [-0.39, 0.29) is 0 Å². The summed E-state index contributed by atoms with van der Waals surface area (Å²) in [5.41, 5.74) is 6.07. The van der Waals surface area contributed by atoms with Crippen LogP contribution in [-0.2, 0) is 4.74 Å². The molecule has 2 rings (SSSR count). The quantitative estimate of drug-likeness (QED) is 0.777. The smallest absolute Gasteiger partial charge is 0.0586 e. The molecule has 0 aromatic rings. The topological polar surface area (TPSA) is 38.5 Å². The van der Waals surface area contributed by atoms with E-state index in [1.54, 1.807) is 0 Å². The van der Waals surface area contributed by atoms with E-state index in [2.05, 4.69) is 11.8 Å². The number of rotatable bonds is 2. The highest BCUT2D eigenvalue weighted by Gasteiger charge is 2.31. The zero-order valence-corrected chi connectivity index (χ0v) is 10.7. The average molecular weight is 226 g/mol. The Morgan fingerprint density at radius 3 is 2.75 bits per heavy atom. The Labute approximate surface area is 99.3 Å². The van der Waals surface area contributed by atoms with E-state index in [1.165, 1.54) is 38.8 Å². The van der Waals surface area contributed by atoms with Crippen molar-refractivity contribution >= 4 is 0 Å². The van der Waals surface area contributed by atoms with Gasteiger partial charge < -0.3 is 10.5 Å². The first-order valence-electron chi connectivity index (χ1n) is 6.73. The van der Waals surface area contributed by atoms with Crippen molar-refractivity contribution in [1.29, 1.82) is 0 Å². The van der Waals surface area contributed by atoms with Crippen LogP contribution in [0.4, 0.5) is 0 Å². The number of piperidine rings is 1. The minimum atomic E-state index is 0.415. The van der Waals surface area contributed by atoms with Crippen molar-refractivity contribution in [3.63, 3.8) is 0 Å². The maximum absolute atomic E-state index is 6.07. The maximum atomic E-state index is 6.07. The van der Waals surface area contributed by atoms with Gasteiger partial charge in [-0.1, -0.05) is 6.92 Å². The lowest BCUT2D eigenvalue weighted by molar-refractivity contribution is 0.0137. The number of hydrogen-bond acceptors (Lipinski definition) is 3. The number of nitrogens with zero attached hydrogens (tertiary/aromatic N) is 1. The predicted octanol–water partition coefficient (Wildman–Crippen LogP) is 1.61. The van der Waals surface area contributed by atoms with Crippen LogP contribution in [-0.4, -0.2) is 43.3 Å². The molecule has 16 heavy (non-hydrogen) atoms. The van der Waals surface area contributed by atoms with Gasteiger partial charge in [-0.2, -0.15) is 0 Å². The minimum Gasteiger partial charge on any atom is -0.381 e. The molecule has 2 aliphatic rings. The van der Waals surface area contributed by atoms with Gasteiger partial charge >= 0.3 is 0 Å². The summed E-state index contributed by atoms with van der Waals surface area (Å²) in [6, 6.07) is 1.16. The minimum absolute atomic E-state index is 0.415. The normalized spacial score (nSPS) is 42.2. The van der Waals surface area contributed by atoms with Crippen LogP contribution >= 0.6 is 0 Å². The molecule has 1 aliphatic carbocycles. The maximum Gasteiger partial charge on any atom is 0.0586 e. The lowest BCUT2D eigenvalue weighted by atomic mass is 9.87. The standard InChI is InChI=1S/C13H26N2O/c1-10-9-15(7-6-13(10)14)11-4-3-5-12(8-11)16-2/h10-13H,3-9,14H2,1-2H3. The van der Waals surface area contributed by atoms with Gasteiger partial charge in [0.25, 0.3) is 0 Å². The monoisotopic (exact) mass is 226 g/mol. The first-order chi connectivity index (χ1) is 7.70. The molecule has 4 unspecified atom stereocenters. The van der Waals surface area contributed by atoms with Crippen molar-refractivity contribution in [1.82, 2.24) is 4.90 Å². The molecule has 0 bridgehead atoms. The second kappa shape index (κ2) is 5.48. The summed E-state index contributed by atoms with van der Waals surface area (Å²) in [5, 5.41) is 0. The number of likely N-dealkylation sites (tertiary alicyclic amines) is 1. The molecule has 94 valence electrons. The highest BCUT2D eigenvalue weighted by Crippen LogP contribution is 2.28. The molecule has 2 N–H and O–H groups in total. The molecular weight excluding hydrogens is 200 g/mol.